The molecule has 0 saturated heterocycles. The summed E-state index contributed by atoms with van der Waals surface area (Å²) in [6.07, 6.45) is 9.32. The van der Waals surface area contributed by atoms with Gasteiger partial charge in [0.1, 0.15) is 0 Å². The van der Waals surface area contributed by atoms with Crippen LogP contribution in [0.3, 0.4) is 0 Å². The van der Waals surface area contributed by atoms with Crippen molar-refractivity contribution < 1.29 is 25.0 Å². The SMILES string of the molecule is C[C@H](CCC(=O)NCCC(=O)NO)[C@H]1CC[C@H]2[C@@H]3[C@@H](O)C[C@@H]4C[C@H](O)CC[C@]4(C)[C@H]3CC[C@]12C. The van der Waals surface area contributed by atoms with Gasteiger partial charge in [-0.1, -0.05) is 20.8 Å². The summed E-state index contributed by atoms with van der Waals surface area (Å²) in [6, 6.07) is 0. The summed E-state index contributed by atoms with van der Waals surface area (Å²) in [4.78, 5) is 23.4. The average Bonchev–Trinajstić information content (AvgIpc) is 3.15. The fraction of sp³-hybridized carbons (Fsp3) is 0.926. The Morgan fingerprint density at radius 1 is 0.941 bits per heavy atom. The summed E-state index contributed by atoms with van der Waals surface area (Å²) in [5.74, 6) is 2.38. The van der Waals surface area contributed by atoms with Crippen LogP contribution in [0.25, 0.3) is 0 Å². The molecule has 0 aromatic heterocycles. The van der Waals surface area contributed by atoms with Crippen LogP contribution in [0.5, 0.6) is 0 Å². The maximum atomic E-state index is 12.3. The van der Waals surface area contributed by atoms with Crippen LogP contribution in [0, 0.1) is 46.3 Å². The highest BCUT2D eigenvalue weighted by Gasteiger charge is 2.62. The molecule has 10 atom stereocenters. The number of nitrogens with one attached hydrogen (secondary N) is 2. The van der Waals surface area contributed by atoms with Crippen LogP contribution in [0.1, 0.15) is 91.4 Å². The minimum atomic E-state index is -0.497. The third kappa shape index (κ3) is 4.64. The predicted octanol–water partition coefficient (Wildman–Crippen LogP) is 3.41. The highest BCUT2D eigenvalue weighted by atomic mass is 16.5. The third-order valence-corrected chi connectivity index (χ3v) is 11.0. The summed E-state index contributed by atoms with van der Waals surface area (Å²) < 4.78 is 0. The molecule has 0 heterocycles. The lowest BCUT2D eigenvalue weighted by Gasteiger charge is -2.62. The normalized spacial score (nSPS) is 44.4. The van der Waals surface area contributed by atoms with Crippen LogP contribution in [-0.4, -0.2) is 46.0 Å². The first-order chi connectivity index (χ1) is 16.1. The fourth-order valence-electron chi connectivity index (χ4n) is 9.20. The van der Waals surface area contributed by atoms with E-state index in [2.05, 4.69) is 26.1 Å². The summed E-state index contributed by atoms with van der Waals surface area (Å²) >= 11 is 0. The van der Waals surface area contributed by atoms with Gasteiger partial charge in [0.25, 0.3) is 0 Å². The van der Waals surface area contributed by atoms with Gasteiger partial charge in [-0.15, -0.1) is 0 Å². The largest absolute Gasteiger partial charge is 0.393 e. The van der Waals surface area contributed by atoms with Crippen LogP contribution >= 0.6 is 0 Å². The Morgan fingerprint density at radius 2 is 1.65 bits per heavy atom. The smallest absolute Gasteiger partial charge is 0.245 e. The zero-order valence-corrected chi connectivity index (χ0v) is 21.3. The van der Waals surface area contributed by atoms with E-state index >= 15 is 0 Å². The van der Waals surface area contributed by atoms with Crippen LogP contribution in [0.4, 0.5) is 0 Å². The molecule has 194 valence electrons. The number of aliphatic hydroxyl groups is 2. The molecule has 7 nitrogen and oxygen atoms in total. The van der Waals surface area contributed by atoms with Gasteiger partial charge in [0.2, 0.25) is 11.8 Å². The molecule has 4 aliphatic rings. The first-order valence-electron chi connectivity index (χ1n) is 13.7. The summed E-state index contributed by atoms with van der Waals surface area (Å²) in [5, 5.41) is 33.0. The molecule has 2 amide bonds. The van der Waals surface area contributed by atoms with Crippen LogP contribution in [0.15, 0.2) is 0 Å². The molecule has 4 fully saturated rings. The summed E-state index contributed by atoms with van der Waals surface area (Å²) in [6.45, 7) is 7.43. The minimum absolute atomic E-state index is 0.0397. The van der Waals surface area contributed by atoms with Crippen molar-refractivity contribution in [3.8, 4) is 0 Å². The molecule has 4 aliphatic carbocycles. The topological polar surface area (TPSA) is 119 Å². The zero-order chi connectivity index (χ0) is 24.7. The number of rotatable bonds is 7. The van der Waals surface area contributed by atoms with E-state index in [-0.39, 0.29) is 41.9 Å². The van der Waals surface area contributed by atoms with Gasteiger partial charge >= 0.3 is 0 Å². The van der Waals surface area contributed by atoms with Gasteiger partial charge in [0.15, 0.2) is 0 Å². The fourth-order valence-corrected chi connectivity index (χ4v) is 9.20. The molecule has 4 saturated carbocycles. The van der Waals surface area contributed by atoms with Gasteiger partial charge in [-0.05, 0) is 104 Å². The van der Waals surface area contributed by atoms with Crippen molar-refractivity contribution in [1.29, 1.82) is 0 Å². The second-order valence-electron chi connectivity index (χ2n) is 12.6. The molecule has 0 unspecified atom stereocenters. The summed E-state index contributed by atoms with van der Waals surface area (Å²) in [5.41, 5.74) is 2.05. The van der Waals surface area contributed by atoms with Crippen molar-refractivity contribution in [3.63, 3.8) is 0 Å². The number of hydroxylamine groups is 1. The first kappa shape index (κ1) is 25.9. The van der Waals surface area contributed by atoms with Crippen molar-refractivity contribution >= 4 is 11.8 Å². The lowest BCUT2D eigenvalue weighted by molar-refractivity contribution is -0.174. The van der Waals surface area contributed by atoms with Crippen molar-refractivity contribution in [2.24, 2.45) is 46.3 Å². The maximum absolute atomic E-state index is 12.3. The van der Waals surface area contributed by atoms with Crippen LogP contribution < -0.4 is 10.8 Å². The molecule has 34 heavy (non-hydrogen) atoms. The molecule has 0 aromatic carbocycles. The molecule has 0 aromatic rings. The van der Waals surface area contributed by atoms with Gasteiger partial charge in [0.05, 0.1) is 12.2 Å². The van der Waals surface area contributed by atoms with E-state index in [1.165, 1.54) is 25.7 Å². The Morgan fingerprint density at radius 3 is 2.38 bits per heavy atom. The molecular weight excluding hydrogens is 432 g/mol. The van der Waals surface area contributed by atoms with Crippen molar-refractivity contribution in [3.05, 3.63) is 0 Å². The Hall–Kier alpha value is -1.18. The standard InChI is InChI=1S/C27H46N2O5/c1-16(4-7-23(32)28-13-10-24(33)29-34)19-5-6-20-25-21(9-12-27(19,20)3)26(2)11-8-18(30)14-17(26)15-22(25)31/h16-22,25,30-31,34H,4-15H2,1-3H3,(H,28,32)(H,29,33)/t16-,17+,18-,19-,20+,21+,22+,25+,26+,27-/m1/s1. The van der Waals surface area contributed by atoms with Crippen molar-refractivity contribution in [2.75, 3.05) is 6.54 Å². The number of carbonyl (C=O) groups excluding carboxylic acids is 2. The second-order valence-corrected chi connectivity index (χ2v) is 12.6. The number of carbonyl (C=O) groups is 2. The Bertz CT molecular complexity index is 761. The third-order valence-electron chi connectivity index (χ3n) is 11.0. The Labute approximate surface area is 204 Å². The molecule has 5 N–H and O–H groups in total. The number of hydrogen-bond donors (Lipinski definition) is 5. The van der Waals surface area contributed by atoms with Crippen LogP contribution in [0.2, 0.25) is 0 Å². The lowest BCUT2D eigenvalue weighted by atomic mass is 9.43. The van der Waals surface area contributed by atoms with Crippen molar-refractivity contribution in [1.82, 2.24) is 10.8 Å². The van der Waals surface area contributed by atoms with E-state index in [0.29, 0.717) is 41.9 Å². The summed E-state index contributed by atoms with van der Waals surface area (Å²) in [7, 11) is 0. The van der Waals surface area contributed by atoms with Gasteiger partial charge in [0, 0.05) is 19.4 Å². The monoisotopic (exact) mass is 478 g/mol. The van der Waals surface area contributed by atoms with E-state index in [1.807, 2.05) is 0 Å². The second kappa shape index (κ2) is 10.1. The highest BCUT2D eigenvalue weighted by molar-refractivity contribution is 5.78. The zero-order valence-electron chi connectivity index (χ0n) is 21.3. The van der Waals surface area contributed by atoms with Gasteiger partial charge in [-0.3, -0.25) is 14.8 Å². The predicted molar refractivity (Wildman–Crippen MR) is 129 cm³/mol. The number of hydrogen-bond acceptors (Lipinski definition) is 5. The van der Waals surface area contributed by atoms with E-state index < -0.39 is 5.91 Å². The first-order valence-corrected chi connectivity index (χ1v) is 13.7. The quantitative estimate of drug-likeness (QED) is 0.284. The molecule has 0 spiro atoms. The molecular formula is C27H46N2O5. The van der Waals surface area contributed by atoms with Gasteiger partial charge in [-0.25, -0.2) is 5.48 Å². The van der Waals surface area contributed by atoms with Crippen molar-refractivity contribution in [2.45, 2.75) is 104 Å². The van der Waals surface area contributed by atoms with E-state index in [0.717, 1.165) is 32.1 Å². The van der Waals surface area contributed by atoms with E-state index in [9.17, 15) is 19.8 Å². The Kier molecular flexibility index (Phi) is 7.66. The molecule has 7 heteroatoms. The lowest BCUT2D eigenvalue weighted by Crippen LogP contribution is -2.58. The Balaban J connectivity index is 1.37. The molecule has 0 bridgehead atoms. The van der Waals surface area contributed by atoms with E-state index in [1.54, 1.807) is 5.48 Å². The molecule has 0 radical (unpaired) electrons. The van der Waals surface area contributed by atoms with E-state index in [4.69, 9.17) is 5.21 Å². The highest BCUT2D eigenvalue weighted by Crippen LogP contribution is 2.68. The molecule has 0 aliphatic heterocycles. The number of aliphatic hydroxyl groups excluding tert-OH is 2. The van der Waals surface area contributed by atoms with Crippen LogP contribution in [-0.2, 0) is 9.59 Å². The van der Waals surface area contributed by atoms with Gasteiger partial charge in [-0.2, -0.15) is 0 Å². The number of fused-ring (bicyclic) bond motifs is 5. The average molecular weight is 479 g/mol. The maximum Gasteiger partial charge on any atom is 0.245 e. The van der Waals surface area contributed by atoms with Gasteiger partial charge < -0.3 is 15.5 Å². The minimum Gasteiger partial charge on any atom is -0.393 e. The number of amides is 2. The molecule has 4 rings (SSSR count).